The quantitative estimate of drug-likeness (QED) is 0.449. The zero-order valence-corrected chi connectivity index (χ0v) is 14.6. The van der Waals surface area contributed by atoms with Crippen LogP contribution >= 0.6 is 9.24 Å². The minimum absolute atomic E-state index is 0. The van der Waals surface area contributed by atoms with E-state index in [0.717, 1.165) is 11.8 Å². The van der Waals surface area contributed by atoms with Crippen molar-refractivity contribution < 1.29 is 1.43 Å². The fraction of sp³-hybridized carbons (Fsp3) is 0.579. The summed E-state index contributed by atoms with van der Waals surface area (Å²) < 4.78 is 0. The van der Waals surface area contributed by atoms with Crippen LogP contribution in [-0.4, -0.2) is 6.16 Å². The molecule has 114 valence electrons. The Morgan fingerprint density at radius 2 is 1.65 bits per heavy atom. The number of rotatable bonds is 3. The van der Waals surface area contributed by atoms with E-state index >= 15 is 0 Å². The molecule has 1 aliphatic carbocycles. The minimum Gasteiger partial charge on any atom is -0.138 e. The van der Waals surface area contributed by atoms with Crippen molar-refractivity contribution >= 4 is 9.24 Å². The number of hydrogen-bond acceptors (Lipinski definition) is 0. The third kappa shape index (κ3) is 6.23. The lowest BCUT2D eigenvalue weighted by Crippen LogP contribution is -2.11. The van der Waals surface area contributed by atoms with Crippen LogP contribution in [0.2, 0.25) is 0 Å². The smallest absolute Gasteiger partial charge is 0 e. The Bertz CT molecular complexity index is 375. The first-order valence-electron chi connectivity index (χ1n) is 8.14. The van der Waals surface area contributed by atoms with Crippen molar-refractivity contribution in [2.75, 3.05) is 6.16 Å². The molecule has 0 aromatic heterocycles. The van der Waals surface area contributed by atoms with Gasteiger partial charge in [-0.3, -0.25) is 0 Å². The van der Waals surface area contributed by atoms with Gasteiger partial charge in [0.25, 0.3) is 0 Å². The number of allylic oxidation sites excluding steroid dienone is 2. The number of benzene rings is 1. The molecule has 0 N–H and O–H groups in total. The zero-order chi connectivity index (χ0) is 14.8. The zero-order valence-electron chi connectivity index (χ0n) is 13.4. The molecule has 20 heavy (non-hydrogen) atoms. The molecule has 0 bridgehead atoms. The predicted molar refractivity (Wildman–Crippen MR) is 97.7 cm³/mol. The monoisotopic (exact) mass is 292 g/mol. The van der Waals surface area contributed by atoms with Crippen LogP contribution in [0.4, 0.5) is 0 Å². The van der Waals surface area contributed by atoms with Crippen LogP contribution in [0, 0.1) is 12.8 Å². The van der Waals surface area contributed by atoms with Gasteiger partial charge in [-0.15, -0.1) is 9.24 Å². The van der Waals surface area contributed by atoms with E-state index in [-0.39, 0.29) is 1.43 Å². The van der Waals surface area contributed by atoms with E-state index in [1.807, 2.05) is 0 Å². The molecule has 0 aliphatic heterocycles. The standard InChI is InChI=1S/C17H24.C2H7P.H2/c1-3-4-5-15-8-12-17(13-9-15)16-10-6-14(2)7-11-16;1-2-3;/h4-7,10-11,15,17H,3,8-9,12-13H2,1-2H3;2-3H2,1H3;1H/b5-4+;;. The fourth-order valence-electron chi connectivity index (χ4n) is 2.81. The highest BCUT2D eigenvalue weighted by molar-refractivity contribution is 7.16. The van der Waals surface area contributed by atoms with Crippen LogP contribution in [0.5, 0.6) is 0 Å². The van der Waals surface area contributed by atoms with E-state index in [1.165, 1.54) is 43.8 Å². The average Bonchev–Trinajstić information content (AvgIpc) is 2.47. The van der Waals surface area contributed by atoms with Gasteiger partial charge in [0, 0.05) is 1.43 Å². The maximum atomic E-state index is 2.58. The summed E-state index contributed by atoms with van der Waals surface area (Å²) in [5.74, 6) is 1.65. The molecule has 1 aromatic rings. The topological polar surface area (TPSA) is 0 Å². The van der Waals surface area contributed by atoms with Crippen LogP contribution in [-0.2, 0) is 0 Å². The van der Waals surface area contributed by atoms with E-state index in [4.69, 9.17) is 0 Å². The van der Waals surface area contributed by atoms with Gasteiger partial charge in [0.05, 0.1) is 0 Å². The largest absolute Gasteiger partial charge is 0.138 e. The van der Waals surface area contributed by atoms with Crippen molar-refractivity contribution in [3.8, 4) is 0 Å². The lowest BCUT2D eigenvalue weighted by atomic mass is 9.78. The Morgan fingerprint density at radius 3 is 2.15 bits per heavy atom. The number of aryl methyl sites for hydroxylation is 1. The molecular formula is C19H33P. The van der Waals surface area contributed by atoms with Gasteiger partial charge in [-0.1, -0.05) is 55.8 Å². The van der Waals surface area contributed by atoms with E-state index in [1.54, 1.807) is 5.56 Å². The first-order valence-corrected chi connectivity index (χ1v) is 8.96. The highest BCUT2D eigenvalue weighted by Crippen LogP contribution is 2.36. The molecule has 0 nitrogen and oxygen atoms in total. The molecule has 1 saturated carbocycles. The number of hydrogen-bond donors (Lipinski definition) is 0. The first kappa shape index (κ1) is 17.4. The molecule has 0 spiro atoms. The van der Waals surface area contributed by atoms with Crippen molar-refractivity contribution in [2.24, 2.45) is 5.92 Å². The summed E-state index contributed by atoms with van der Waals surface area (Å²) in [5, 5.41) is 0. The Morgan fingerprint density at radius 1 is 1.10 bits per heavy atom. The van der Waals surface area contributed by atoms with Gasteiger partial charge in [0.15, 0.2) is 0 Å². The molecule has 1 unspecified atom stereocenters. The van der Waals surface area contributed by atoms with Crippen molar-refractivity contribution in [1.29, 1.82) is 0 Å². The van der Waals surface area contributed by atoms with Crippen molar-refractivity contribution in [1.82, 2.24) is 0 Å². The summed E-state index contributed by atoms with van der Waals surface area (Å²) >= 11 is 0. The first-order chi connectivity index (χ1) is 9.71. The molecule has 1 fully saturated rings. The van der Waals surface area contributed by atoms with Gasteiger partial charge in [-0.05, 0) is 62.6 Å². The average molecular weight is 292 g/mol. The van der Waals surface area contributed by atoms with Crippen molar-refractivity contribution in [2.45, 2.75) is 58.8 Å². The molecular weight excluding hydrogens is 259 g/mol. The molecule has 0 saturated heterocycles. The third-order valence-electron chi connectivity index (χ3n) is 3.96. The second-order valence-corrected chi connectivity index (χ2v) is 6.58. The molecule has 1 aromatic carbocycles. The van der Waals surface area contributed by atoms with Crippen LogP contribution < -0.4 is 0 Å². The van der Waals surface area contributed by atoms with E-state index in [0.29, 0.717) is 0 Å². The second kappa shape index (κ2) is 10.2. The molecule has 2 rings (SSSR count). The molecule has 0 radical (unpaired) electrons. The Hall–Kier alpha value is -0.610. The molecule has 1 atom stereocenters. The van der Waals surface area contributed by atoms with E-state index in [9.17, 15) is 0 Å². The second-order valence-electron chi connectivity index (χ2n) is 5.77. The highest BCUT2D eigenvalue weighted by atomic mass is 31.0. The maximum Gasteiger partial charge on any atom is 0 e. The Labute approximate surface area is 129 Å². The van der Waals surface area contributed by atoms with Gasteiger partial charge >= 0.3 is 0 Å². The van der Waals surface area contributed by atoms with Crippen LogP contribution in [0.15, 0.2) is 36.4 Å². The van der Waals surface area contributed by atoms with Gasteiger partial charge in [0.2, 0.25) is 0 Å². The predicted octanol–water partition coefficient (Wildman–Crippen LogP) is 6.36. The lowest BCUT2D eigenvalue weighted by molar-refractivity contribution is 0.375. The minimum atomic E-state index is 0. The molecule has 1 heteroatoms. The van der Waals surface area contributed by atoms with Crippen LogP contribution in [0.25, 0.3) is 0 Å². The summed E-state index contributed by atoms with van der Waals surface area (Å²) in [5.41, 5.74) is 2.92. The summed E-state index contributed by atoms with van der Waals surface area (Å²) in [6.07, 6.45) is 12.6. The lowest BCUT2D eigenvalue weighted by Gasteiger charge is -2.27. The summed E-state index contributed by atoms with van der Waals surface area (Å²) in [6, 6.07) is 9.14. The van der Waals surface area contributed by atoms with Crippen LogP contribution in [0.3, 0.4) is 0 Å². The van der Waals surface area contributed by atoms with E-state index in [2.05, 4.69) is 66.4 Å². The van der Waals surface area contributed by atoms with Gasteiger partial charge in [-0.2, -0.15) is 0 Å². The maximum absolute atomic E-state index is 2.58. The molecule has 0 amide bonds. The van der Waals surface area contributed by atoms with Crippen LogP contribution in [0.1, 0.15) is 64.4 Å². The van der Waals surface area contributed by atoms with Gasteiger partial charge in [-0.25, -0.2) is 0 Å². The summed E-state index contributed by atoms with van der Waals surface area (Å²) in [7, 11) is 2.58. The Kier molecular flexibility index (Phi) is 8.86. The Balaban J connectivity index is 0.000000922. The van der Waals surface area contributed by atoms with Crippen molar-refractivity contribution in [3.63, 3.8) is 0 Å². The SMILES string of the molecule is CC/C=C/C1CCC(c2ccc(C)cc2)CC1.CCP.[HH]. The molecule has 0 heterocycles. The van der Waals surface area contributed by atoms with Gasteiger partial charge in [0.1, 0.15) is 0 Å². The molecule has 1 aliphatic rings. The normalized spacial score (nSPS) is 22.4. The fourth-order valence-corrected chi connectivity index (χ4v) is 2.81. The van der Waals surface area contributed by atoms with Gasteiger partial charge < -0.3 is 0 Å². The third-order valence-corrected chi connectivity index (χ3v) is 3.96. The van der Waals surface area contributed by atoms with E-state index < -0.39 is 0 Å². The highest BCUT2D eigenvalue weighted by Gasteiger charge is 2.20. The summed E-state index contributed by atoms with van der Waals surface area (Å²) in [4.78, 5) is 0. The summed E-state index contributed by atoms with van der Waals surface area (Å²) in [6.45, 7) is 6.47. The van der Waals surface area contributed by atoms with Crippen molar-refractivity contribution in [3.05, 3.63) is 47.5 Å².